The van der Waals surface area contributed by atoms with Gasteiger partial charge in [-0.2, -0.15) is 5.26 Å². The lowest BCUT2D eigenvalue weighted by atomic mass is 10.1. The van der Waals surface area contributed by atoms with Crippen LogP contribution in [0.5, 0.6) is 11.5 Å². The average Bonchev–Trinajstić information content (AvgIpc) is 3.08. The second kappa shape index (κ2) is 8.34. The molecule has 0 bridgehead atoms. The monoisotopic (exact) mass is 379 g/mol. The van der Waals surface area contributed by atoms with Gasteiger partial charge in [0.2, 0.25) is 0 Å². The highest BCUT2D eigenvalue weighted by molar-refractivity contribution is 7.22. The van der Waals surface area contributed by atoms with Gasteiger partial charge in [-0.3, -0.25) is 10.1 Å². The van der Waals surface area contributed by atoms with Gasteiger partial charge in [-0.25, -0.2) is 4.98 Å². The molecule has 2 aromatic carbocycles. The van der Waals surface area contributed by atoms with Gasteiger partial charge in [-0.15, -0.1) is 0 Å². The first kappa shape index (κ1) is 18.4. The molecule has 136 valence electrons. The van der Waals surface area contributed by atoms with Crippen LogP contribution in [0.4, 0.5) is 5.13 Å². The van der Waals surface area contributed by atoms with Crippen molar-refractivity contribution in [3.63, 3.8) is 0 Å². The van der Waals surface area contributed by atoms with Crippen molar-refractivity contribution >= 4 is 38.7 Å². The van der Waals surface area contributed by atoms with Gasteiger partial charge in [-0.1, -0.05) is 23.5 Å². The van der Waals surface area contributed by atoms with Crippen molar-refractivity contribution in [2.24, 2.45) is 0 Å². The number of rotatable bonds is 6. The van der Waals surface area contributed by atoms with Crippen LogP contribution in [0.3, 0.4) is 0 Å². The fraction of sp³-hybridized carbons (Fsp3) is 0.150. The molecule has 0 fully saturated rings. The molecule has 0 radical (unpaired) electrons. The quantitative estimate of drug-likeness (QED) is 0.511. The van der Waals surface area contributed by atoms with Crippen molar-refractivity contribution < 1.29 is 14.3 Å². The Labute approximate surface area is 160 Å². The Morgan fingerprint density at radius 2 is 2.00 bits per heavy atom. The molecule has 0 spiro atoms. The van der Waals surface area contributed by atoms with Crippen molar-refractivity contribution in [1.82, 2.24) is 4.98 Å². The largest absolute Gasteiger partial charge is 0.497 e. The molecule has 0 aliphatic heterocycles. The zero-order valence-corrected chi connectivity index (χ0v) is 15.7. The second-order valence-corrected chi connectivity index (χ2v) is 6.51. The molecule has 7 heteroatoms. The number of aromatic nitrogens is 1. The predicted octanol–water partition coefficient (Wildman–Crippen LogP) is 4.25. The molecule has 1 N–H and O–H groups in total. The molecule has 0 aliphatic rings. The fourth-order valence-corrected chi connectivity index (χ4v) is 3.28. The summed E-state index contributed by atoms with van der Waals surface area (Å²) in [6, 6.07) is 14.6. The van der Waals surface area contributed by atoms with E-state index in [-0.39, 0.29) is 5.57 Å². The third kappa shape index (κ3) is 4.43. The molecule has 0 aliphatic carbocycles. The number of ether oxygens (including phenoxy) is 2. The summed E-state index contributed by atoms with van der Waals surface area (Å²) in [6.45, 7) is 2.50. The maximum atomic E-state index is 12.4. The summed E-state index contributed by atoms with van der Waals surface area (Å²) >= 11 is 1.33. The Hall–Kier alpha value is -3.37. The number of carbonyl (C=O) groups excluding carboxylic acids is 1. The van der Waals surface area contributed by atoms with Gasteiger partial charge in [0.15, 0.2) is 5.13 Å². The minimum absolute atomic E-state index is 0.00516. The van der Waals surface area contributed by atoms with Gasteiger partial charge in [0.05, 0.1) is 23.9 Å². The summed E-state index contributed by atoms with van der Waals surface area (Å²) in [4.78, 5) is 16.8. The molecule has 6 nitrogen and oxygen atoms in total. The van der Waals surface area contributed by atoms with Crippen molar-refractivity contribution in [3.8, 4) is 17.6 Å². The Bertz CT molecular complexity index is 1030. The van der Waals surface area contributed by atoms with Gasteiger partial charge >= 0.3 is 0 Å². The summed E-state index contributed by atoms with van der Waals surface area (Å²) in [7, 11) is 1.58. The van der Waals surface area contributed by atoms with E-state index in [0.717, 1.165) is 21.5 Å². The summed E-state index contributed by atoms with van der Waals surface area (Å²) in [5, 5.41) is 12.5. The molecule has 3 aromatic rings. The zero-order chi connectivity index (χ0) is 19.2. The molecule has 27 heavy (non-hydrogen) atoms. The number of carbonyl (C=O) groups is 1. The number of hydrogen-bond donors (Lipinski definition) is 1. The number of nitriles is 1. The maximum absolute atomic E-state index is 12.4. The van der Waals surface area contributed by atoms with Gasteiger partial charge < -0.3 is 9.47 Å². The standard InChI is InChI=1S/C20H17N3O3S/c1-3-26-16-8-9-17-18(11-16)27-20(22-17)23-19(24)14(12-21)10-13-4-6-15(25-2)7-5-13/h4-11H,3H2,1-2H3,(H,22,23,24)/b14-10+. The highest BCUT2D eigenvalue weighted by Crippen LogP contribution is 2.29. The fourth-order valence-electron chi connectivity index (χ4n) is 2.39. The first-order valence-corrected chi connectivity index (χ1v) is 9.05. The molecule has 1 aromatic heterocycles. The number of thiazole rings is 1. The van der Waals surface area contributed by atoms with Crippen molar-refractivity contribution in [3.05, 3.63) is 53.6 Å². The van der Waals surface area contributed by atoms with Crippen LogP contribution in [-0.4, -0.2) is 24.6 Å². The Kier molecular flexibility index (Phi) is 5.69. The summed E-state index contributed by atoms with van der Waals surface area (Å²) < 4.78 is 11.5. The van der Waals surface area contributed by atoms with Crippen LogP contribution in [0.2, 0.25) is 0 Å². The molecule has 0 atom stereocenters. The molecule has 1 amide bonds. The molecule has 0 saturated heterocycles. The number of benzene rings is 2. The zero-order valence-electron chi connectivity index (χ0n) is 14.9. The first-order chi connectivity index (χ1) is 13.1. The Morgan fingerprint density at radius 1 is 1.26 bits per heavy atom. The molecular formula is C20H17N3O3S. The van der Waals surface area contributed by atoms with Gasteiger partial charge in [0.25, 0.3) is 5.91 Å². The predicted molar refractivity (Wildman–Crippen MR) is 106 cm³/mol. The molecule has 1 heterocycles. The first-order valence-electron chi connectivity index (χ1n) is 8.23. The van der Waals surface area contributed by atoms with Crippen LogP contribution in [0, 0.1) is 11.3 Å². The number of anilines is 1. The normalized spacial score (nSPS) is 11.1. The smallest absolute Gasteiger partial charge is 0.268 e. The average molecular weight is 379 g/mol. The lowest BCUT2D eigenvalue weighted by Gasteiger charge is -2.01. The number of fused-ring (bicyclic) bond motifs is 1. The molecule has 3 rings (SSSR count). The second-order valence-electron chi connectivity index (χ2n) is 5.48. The van der Waals surface area contributed by atoms with Gasteiger partial charge in [0.1, 0.15) is 23.1 Å². The lowest BCUT2D eigenvalue weighted by molar-refractivity contribution is -0.112. The van der Waals surface area contributed by atoms with E-state index in [4.69, 9.17) is 9.47 Å². The van der Waals surface area contributed by atoms with Crippen LogP contribution in [-0.2, 0) is 4.79 Å². The third-order valence-corrected chi connectivity index (χ3v) is 4.62. The van der Waals surface area contributed by atoms with E-state index in [1.807, 2.05) is 31.2 Å². The number of nitrogens with zero attached hydrogens (tertiary/aromatic N) is 2. The maximum Gasteiger partial charge on any atom is 0.268 e. The van der Waals surface area contributed by atoms with Crippen LogP contribution in [0.25, 0.3) is 16.3 Å². The number of nitrogens with one attached hydrogen (secondary N) is 1. The number of methoxy groups -OCH3 is 1. The highest BCUT2D eigenvalue weighted by Gasteiger charge is 2.13. The van der Waals surface area contributed by atoms with Crippen LogP contribution in [0.15, 0.2) is 48.0 Å². The summed E-state index contributed by atoms with van der Waals surface area (Å²) in [5.74, 6) is 0.956. The van der Waals surface area contributed by atoms with E-state index in [2.05, 4.69) is 10.3 Å². The summed E-state index contributed by atoms with van der Waals surface area (Å²) in [6.07, 6.45) is 1.52. The van der Waals surface area contributed by atoms with E-state index >= 15 is 0 Å². The van der Waals surface area contributed by atoms with Crippen molar-refractivity contribution in [1.29, 1.82) is 5.26 Å². The third-order valence-electron chi connectivity index (χ3n) is 3.68. The molecular weight excluding hydrogens is 362 g/mol. The Morgan fingerprint density at radius 3 is 2.67 bits per heavy atom. The SMILES string of the molecule is CCOc1ccc2nc(NC(=O)/C(C#N)=C/c3ccc(OC)cc3)sc2c1. The van der Waals surface area contributed by atoms with Crippen molar-refractivity contribution in [2.45, 2.75) is 6.92 Å². The minimum Gasteiger partial charge on any atom is -0.497 e. The number of hydrogen-bond acceptors (Lipinski definition) is 6. The van der Waals surface area contributed by atoms with Crippen LogP contribution < -0.4 is 14.8 Å². The van der Waals surface area contributed by atoms with Gasteiger partial charge in [-0.05, 0) is 48.9 Å². The van der Waals surface area contributed by atoms with E-state index < -0.39 is 5.91 Å². The van der Waals surface area contributed by atoms with E-state index in [1.54, 1.807) is 31.4 Å². The van der Waals surface area contributed by atoms with E-state index in [1.165, 1.54) is 17.4 Å². The Balaban J connectivity index is 1.78. The lowest BCUT2D eigenvalue weighted by Crippen LogP contribution is -2.13. The highest BCUT2D eigenvalue weighted by atomic mass is 32.1. The van der Waals surface area contributed by atoms with Gasteiger partial charge in [0, 0.05) is 0 Å². The molecule has 0 unspecified atom stereocenters. The number of amides is 1. The van der Waals surface area contributed by atoms with Crippen molar-refractivity contribution in [2.75, 3.05) is 19.0 Å². The van der Waals surface area contributed by atoms with E-state index in [9.17, 15) is 10.1 Å². The topological polar surface area (TPSA) is 84.2 Å². The van der Waals surface area contributed by atoms with Crippen LogP contribution >= 0.6 is 11.3 Å². The molecule has 0 saturated carbocycles. The van der Waals surface area contributed by atoms with Crippen LogP contribution in [0.1, 0.15) is 12.5 Å². The summed E-state index contributed by atoms with van der Waals surface area (Å²) in [5.41, 5.74) is 1.49. The van der Waals surface area contributed by atoms with E-state index in [0.29, 0.717) is 17.5 Å². The minimum atomic E-state index is -0.502.